The van der Waals surface area contributed by atoms with E-state index in [1.807, 2.05) is 67.6 Å². The number of carboxylic acids is 1. The van der Waals surface area contributed by atoms with Crippen LogP contribution >= 0.6 is 0 Å². The van der Waals surface area contributed by atoms with Gasteiger partial charge in [-0.15, -0.1) is 0 Å². The van der Waals surface area contributed by atoms with Crippen molar-refractivity contribution in [3.8, 4) is 22.5 Å². The first-order chi connectivity index (χ1) is 17.0. The van der Waals surface area contributed by atoms with Gasteiger partial charge in [-0.05, 0) is 29.2 Å². The average Bonchev–Trinajstić information content (AvgIpc) is 3.46. The number of aromatic nitrogens is 2. The van der Waals surface area contributed by atoms with Gasteiger partial charge in [-0.3, -0.25) is 4.79 Å². The van der Waals surface area contributed by atoms with Gasteiger partial charge in [0.2, 0.25) is 11.7 Å². The zero-order chi connectivity index (χ0) is 24.4. The fraction of sp³-hybridized carbons (Fsp3) is 0.185. The van der Waals surface area contributed by atoms with E-state index in [0.29, 0.717) is 5.82 Å². The predicted octanol–water partition coefficient (Wildman–Crippen LogP) is 5.10. The maximum atomic E-state index is 12.7. The Balaban J connectivity index is 1.30. The number of carbonyl (C=O) groups excluding carboxylic acids is 1. The Labute approximate surface area is 201 Å². The van der Waals surface area contributed by atoms with Crippen LogP contribution in [0.25, 0.3) is 22.5 Å². The van der Waals surface area contributed by atoms with Gasteiger partial charge in [0.1, 0.15) is 12.6 Å². The lowest BCUT2D eigenvalue weighted by molar-refractivity contribution is -0.137. The van der Waals surface area contributed by atoms with E-state index in [9.17, 15) is 14.7 Å². The van der Waals surface area contributed by atoms with Crippen LogP contribution in [-0.2, 0) is 9.53 Å². The Morgan fingerprint density at radius 2 is 1.63 bits per heavy atom. The van der Waals surface area contributed by atoms with E-state index in [0.717, 1.165) is 33.4 Å². The van der Waals surface area contributed by atoms with E-state index >= 15 is 0 Å². The van der Waals surface area contributed by atoms with Crippen LogP contribution in [0.1, 0.15) is 41.0 Å². The summed E-state index contributed by atoms with van der Waals surface area (Å²) in [6, 6.07) is 22.5. The largest absolute Gasteiger partial charge is 0.481 e. The molecular formula is C27H23N3O5. The summed E-state index contributed by atoms with van der Waals surface area (Å²) in [7, 11) is 0. The van der Waals surface area contributed by atoms with Gasteiger partial charge < -0.3 is 19.7 Å². The number of amides is 1. The molecule has 0 aliphatic heterocycles. The highest BCUT2D eigenvalue weighted by atomic mass is 16.5. The third-order valence-electron chi connectivity index (χ3n) is 6.06. The van der Waals surface area contributed by atoms with Crippen molar-refractivity contribution in [3.63, 3.8) is 0 Å². The van der Waals surface area contributed by atoms with Gasteiger partial charge in [0.25, 0.3) is 0 Å². The van der Waals surface area contributed by atoms with E-state index in [-0.39, 0.29) is 18.4 Å². The number of carbonyl (C=O) groups is 2. The maximum absolute atomic E-state index is 12.7. The van der Waals surface area contributed by atoms with Gasteiger partial charge in [-0.25, -0.2) is 4.79 Å². The van der Waals surface area contributed by atoms with Crippen LogP contribution < -0.4 is 5.32 Å². The number of nitrogens with zero attached hydrogens (tertiary/aromatic N) is 2. The second kappa shape index (κ2) is 9.42. The lowest BCUT2D eigenvalue weighted by Gasteiger charge is -2.17. The van der Waals surface area contributed by atoms with Crippen LogP contribution in [0.5, 0.6) is 0 Å². The van der Waals surface area contributed by atoms with Crippen LogP contribution in [0.2, 0.25) is 0 Å². The molecule has 4 aromatic rings. The summed E-state index contributed by atoms with van der Waals surface area (Å²) in [5.41, 5.74) is 6.22. The number of hydrogen-bond acceptors (Lipinski definition) is 6. The molecule has 2 N–H and O–H groups in total. The van der Waals surface area contributed by atoms with Crippen molar-refractivity contribution in [1.82, 2.24) is 15.5 Å². The molecule has 3 aromatic carbocycles. The second-order valence-corrected chi connectivity index (χ2v) is 8.44. The van der Waals surface area contributed by atoms with Crippen LogP contribution in [0.4, 0.5) is 4.79 Å². The van der Waals surface area contributed by atoms with Crippen molar-refractivity contribution in [2.24, 2.45) is 0 Å². The summed E-state index contributed by atoms with van der Waals surface area (Å²) in [6.45, 7) is 2.07. The third-order valence-corrected chi connectivity index (χ3v) is 6.06. The van der Waals surface area contributed by atoms with E-state index in [1.54, 1.807) is 0 Å². The maximum Gasteiger partial charge on any atom is 0.407 e. The Morgan fingerprint density at radius 3 is 2.26 bits per heavy atom. The van der Waals surface area contributed by atoms with Gasteiger partial charge in [-0.1, -0.05) is 83.5 Å². The van der Waals surface area contributed by atoms with Crippen LogP contribution in [0.3, 0.4) is 0 Å². The highest BCUT2D eigenvalue weighted by molar-refractivity contribution is 5.79. The van der Waals surface area contributed by atoms with Gasteiger partial charge in [0.05, 0.1) is 6.42 Å². The van der Waals surface area contributed by atoms with Gasteiger partial charge in [-0.2, -0.15) is 4.98 Å². The first-order valence-corrected chi connectivity index (χ1v) is 11.2. The molecule has 8 nitrogen and oxygen atoms in total. The number of carboxylic acid groups (broad SMARTS) is 1. The lowest BCUT2D eigenvalue weighted by atomic mass is 9.98. The van der Waals surface area contributed by atoms with E-state index < -0.39 is 24.5 Å². The molecule has 0 saturated heterocycles. The number of fused-ring (bicyclic) bond motifs is 3. The fourth-order valence-electron chi connectivity index (χ4n) is 4.35. The molecule has 1 aromatic heterocycles. The number of alkyl carbamates (subject to hydrolysis) is 1. The molecule has 0 bridgehead atoms. The molecule has 0 fully saturated rings. The number of hydrogen-bond donors (Lipinski definition) is 2. The zero-order valence-electron chi connectivity index (χ0n) is 19.0. The topological polar surface area (TPSA) is 115 Å². The minimum absolute atomic E-state index is 0.00326. The summed E-state index contributed by atoms with van der Waals surface area (Å²) in [5, 5.41) is 15.9. The zero-order valence-corrected chi connectivity index (χ0v) is 19.0. The number of ether oxygens (including phenoxy) is 1. The molecule has 0 spiro atoms. The van der Waals surface area contributed by atoms with Gasteiger partial charge in [0.15, 0.2) is 0 Å². The molecule has 35 heavy (non-hydrogen) atoms. The summed E-state index contributed by atoms with van der Waals surface area (Å²) in [4.78, 5) is 28.4. The summed E-state index contributed by atoms with van der Waals surface area (Å²) >= 11 is 0. The van der Waals surface area contributed by atoms with Crippen molar-refractivity contribution in [2.45, 2.75) is 25.3 Å². The lowest BCUT2D eigenvalue weighted by Crippen LogP contribution is -2.32. The highest BCUT2D eigenvalue weighted by Gasteiger charge is 2.30. The highest BCUT2D eigenvalue weighted by Crippen LogP contribution is 2.44. The number of aryl methyl sites for hydroxylation is 1. The third kappa shape index (κ3) is 4.63. The van der Waals surface area contributed by atoms with Gasteiger partial charge >= 0.3 is 12.1 Å². The molecular weight excluding hydrogens is 446 g/mol. The normalized spacial score (nSPS) is 13.1. The van der Waals surface area contributed by atoms with Crippen molar-refractivity contribution in [2.75, 3.05) is 6.61 Å². The van der Waals surface area contributed by atoms with Crippen molar-refractivity contribution in [3.05, 3.63) is 95.4 Å². The van der Waals surface area contributed by atoms with E-state index in [4.69, 9.17) is 9.26 Å². The minimum atomic E-state index is -1.12. The number of rotatable bonds is 7. The smallest absolute Gasteiger partial charge is 0.407 e. The number of aliphatic carboxylic acids is 1. The van der Waals surface area contributed by atoms with Crippen molar-refractivity contribution < 1.29 is 24.0 Å². The first kappa shape index (κ1) is 22.3. The quantitative estimate of drug-likeness (QED) is 0.387. The fourth-order valence-corrected chi connectivity index (χ4v) is 4.35. The van der Waals surface area contributed by atoms with Crippen molar-refractivity contribution in [1.29, 1.82) is 0 Å². The molecule has 0 unspecified atom stereocenters. The van der Waals surface area contributed by atoms with Crippen LogP contribution in [-0.4, -0.2) is 33.9 Å². The SMILES string of the molecule is Cc1ccc(-c2noc([C@H](CC(=O)O)NC(=O)OCC3c4ccccc4-c4ccccc43)n2)cc1. The molecule has 176 valence electrons. The van der Waals surface area contributed by atoms with E-state index in [1.165, 1.54) is 0 Å². The first-order valence-electron chi connectivity index (χ1n) is 11.2. The predicted molar refractivity (Wildman–Crippen MR) is 128 cm³/mol. The number of nitrogens with one attached hydrogen (secondary N) is 1. The molecule has 1 amide bonds. The Kier molecular flexibility index (Phi) is 6.01. The van der Waals surface area contributed by atoms with E-state index in [2.05, 4.69) is 27.6 Å². The Hall–Kier alpha value is -4.46. The molecule has 1 atom stereocenters. The average molecular weight is 469 g/mol. The number of benzene rings is 3. The molecule has 0 saturated carbocycles. The van der Waals surface area contributed by atoms with Crippen molar-refractivity contribution >= 4 is 12.1 Å². The Morgan fingerprint density at radius 1 is 1.00 bits per heavy atom. The standard InChI is InChI=1S/C27H23N3O5/c1-16-10-12-17(13-11-16)25-29-26(35-30-25)23(14-24(31)32)28-27(33)34-15-22-20-8-4-2-6-18(20)19-7-3-5-9-21(19)22/h2-13,22-23H,14-15H2,1H3,(H,28,33)(H,31,32)/t23-/m0/s1. The minimum Gasteiger partial charge on any atom is -0.481 e. The molecule has 0 radical (unpaired) electrons. The summed E-state index contributed by atoms with van der Waals surface area (Å²) < 4.78 is 10.8. The molecule has 8 heteroatoms. The molecule has 1 aliphatic carbocycles. The summed E-state index contributed by atoms with van der Waals surface area (Å²) in [5.74, 6) is -0.923. The van der Waals surface area contributed by atoms with Crippen LogP contribution in [0.15, 0.2) is 77.3 Å². The van der Waals surface area contributed by atoms with Gasteiger partial charge in [0, 0.05) is 11.5 Å². The second-order valence-electron chi connectivity index (χ2n) is 8.44. The monoisotopic (exact) mass is 469 g/mol. The van der Waals surface area contributed by atoms with Crippen LogP contribution in [0, 0.1) is 6.92 Å². The Bertz CT molecular complexity index is 1330. The molecule has 1 aliphatic rings. The molecule has 5 rings (SSSR count). The molecule has 1 heterocycles. The summed E-state index contributed by atoms with van der Waals surface area (Å²) in [6.07, 6.45) is -1.19.